The number of fused-ring (bicyclic) bond motifs is 1. The monoisotopic (exact) mass is 613 g/mol. The second-order valence-corrected chi connectivity index (χ2v) is 11.9. The van der Waals surface area contributed by atoms with Crippen molar-refractivity contribution in [3.8, 4) is 11.3 Å². The van der Waals surface area contributed by atoms with Gasteiger partial charge in [-0.1, -0.05) is 60.1 Å². The topological polar surface area (TPSA) is 132 Å². The van der Waals surface area contributed by atoms with E-state index in [0.29, 0.717) is 47.9 Å². The molecule has 2 fully saturated rings. The zero-order valence-corrected chi connectivity index (χ0v) is 25.4. The fourth-order valence-corrected chi connectivity index (χ4v) is 6.70. The van der Waals surface area contributed by atoms with Crippen LogP contribution in [0.15, 0.2) is 67.3 Å². The summed E-state index contributed by atoms with van der Waals surface area (Å²) in [6, 6.07) is 17.6. The summed E-state index contributed by atoms with van der Waals surface area (Å²) in [5.74, 6) is 1.07. The summed E-state index contributed by atoms with van der Waals surface area (Å²) >= 11 is 6.45. The van der Waals surface area contributed by atoms with Crippen molar-refractivity contribution in [3.63, 3.8) is 0 Å². The minimum Gasteiger partial charge on any atom is -0.388 e. The van der Waals surface area contributed by atoms with Gasteiger partial charge >= 0.3 is 6.09 Å². The Bertz CT molecular complexity index is 1680. The predicted molar refractivity (Wildman–Crippen MR) is 171 cm³/mol. The average Bonchev–Trinajstić information content (AvgIpc) is 3.38. The van der Waals surface area contributed by atoms with Crippen LogP contribution in [0.2, 0.25) is 5.02 Å². The van der Waals surface area contributed by atoms with E-state index in [2.05, 4.69) is 46.2 Å². The largest absolute Gasteiger partial charge is 0.411 e. The Morgan fingerprint density at radius 3 is 2.61 bits per heavy atom. The number of primary amides is 1. The van der Waals surface area contributed by atoms with Gasteiger partial charge in [0.1, 0.15) is 11.2 Å². The van der Waals surface area contributed by atoms with Gasteiger partial charge in [-0.2, -0.15) is 4.98 Å². The zero-order valence-electron chi connectivity index (χ0n) is 24.7. The standard InChI is InChI=1S/C33H36ClN7O3/c1-3-21-12-14-22(15-13-21)19-41-28-26(24-10-7-11-25(34)18-24)37-31(29(35)44-32(36)42)38-30(28)39-33(41)40-16-17-43-20(2)27(40)23-8-5-4-6-9-23/h3-11,18,20-22,27,35H,1,12-17,19H2,2H3,(H2,36,42)/t20-,21-,22-,27-/m0/s1. The molecule has 2 aliphatic rings. The Morgan fingerprint density at radius 1 is 1.14 bits per heavy atom. The second kappa shape index (κ2) is 12.8. The number of hydrogen-bond donors (Lipinski definition) is 2. The van der Waals surface area contributed by atoms with Gasteiger partial charge in [0.25, 0.3) is 5.90 Å². The van der Waals surface area contributed by atoms with Crippen LogP contribution in [0.4, 0.5) is 10.7 Å². The van der Waals surface area contributed by atoms with E-state index in [-0.39, 0.29) is 18.0 Å². The maximum atomic E-state index is 11.5. The number of nitrogens with two attached hydrogens (primary N) is 1. The highest BCUT2D eigenvalue weighted by Crippen LogP contribution is 2.39. The summed E-state index contributed by atoms with van der Waals surface area (Å²) in [5.41, 5.74) is 8.75. The molecule has 6 rings (SSSR count). The third kappa shape index (κ3) is 6.05. The van der Waals surface area contributed by atoms with Gasteiger partial charge in [0.05, 0.1) is 18.8 Å². The summed E-state index contributed by atoms with van der Waals surface area (Å²) in [6.45, 7) is 8.00. The molecule has 1 amide bonds. The number of morpholine rings is 1. The lowest BCUT2D eigenvalue weighted by Crippen LogP contribution is -2.45. The number of imidazole rings is 1. The zero-order chi connectivity index (χ0) is 30.8. The van der Waals surface area contributed by atoms with Crippen molar-refractivity contribution in [2.75, 3.05) is 18.1 Å². The summed E-state index contributed by atoms with van der Waals surface area (Å²) in [4.78, 5) is 28.4. The van der Waals surface area contributed by atoms with Gasteiger partial charge < -0.3 is 24.7 Å². The smallest absolute Gasteiger partial charge is 0.388 e. The Balaban J connectivity index is 1.57. The Labute approximate surface area is 261 Å². The molecule has 0 unspecified atom stereocenters. The first kappa shape index (κ1) is 29.8. The van der Waals surface area contributed by atoms with Crippen LogP contribution >= 0.6 is 11.6 Å². The Kier molecular flexibility index (Phi) is 8.63. The van der Waals surface area contributed by atoms with E-state index < -0.39 is 12.0 Å². The molecule has 2 atom stereocenters. The average molecular weight is 614 g/mol. The maximum absolute atomic E-state index is 11.5. The van der Waals surface area contributed by atoms with Crippen LogP contribution in [0, 0.1) is 17.2 Å². The van der Waals surface area contributed by atoms with Crippen molar-refractivity contribution in [2.45, 2.75) is 51.3 Å². The number of hydrogen-bond acceptors (Lipinski definition) is 8. The first-order valence-electron chi connectivity index (χ1n) is 15.0. The molecule has 0 spiro atoms. The van der Waals surface area contributed by atoms with Crippen LogP contribution in [-0.4, -0.2) is 50.8 Å². The number of nitrogens with zero attached hydrogens (tertiary/aromatic N) is 5. The van der Waals surface area contributed by atoms with Gasteiger partial charge in [-0.15, -0.1) is 6.58 Å². The highest BCUT2D eigenvalue weighted by Gasteiger charge is 2.36. The van der Waals surface area contributed by atoms with E-state index in [9.17, 15) is 4.79 Å². The molecule has 3 heterocycles. The quantitative estimate of drug-likeness (QED) is 0.138. The van der Waals surface area contributed by atoms with Gasteiger partial charge in [0, 0.05) is 23.7 Å². The normalized spacial score (nSPS) is 22.1. The molecule has 0 radical (unpaired) electrons. The molecule has 4 aromatic rings. The van der Waals surface area contributed by atoms with Gasteiger partial charge in [-0.05, 0) is 62.1 Å². The molecule has 44 heavy (non-hydrogen) atoms. The van der Waals surface area contributed by atoms with Crippen molar-refractivity contribution in [1.82, 2.24) is 19.5 Å². The minimum atomic E-state index is -1.11. The molecule has 10 nitrogen and oxygen atoms in total. The third-order valence-electron chi connectivity index (χ3n) is 8.64. The number of rotatable bonds is 7. The molecule has 2 aromatic heterocycles. The van der Waals surface area contributed by atoms with Gasteiger partial charge in [0.15, 0.2) is 5.65 Å². The number of ether oxygens (including phenoxy) is 2. The number of aromatic nitrogens is 4. The molecule has 228 valence electrons. The van der Waals surface area contributed by atoms with Crippen LogP contribution < -0.4 is 10.6 Å². The lowest BCUT2D eigenvalue weighted by Gasteiger charge is -2.41. The molecule has 1 aliphatic heterocycles. The molecular weight excluding hydrogens is 578 g/mol. The lowest BCUT2D eigenvalue weighted by molar-refractivity contribution is 0.0221. The van der Waals surface area contributed by atoms with E-state index in [4.69, 9.17) is 42.2 Å². The highest BCUT2D eigenvalue weighted by molar-refractivity contribution is 6.30. The molecule has 2 aromatic carbocycles. The molecule has 1 aliphatic carbocycles. The van der Waals surface area contributed by atoms with E-state index in [1.165, 1.54) is 0 Å². The summed E-state index contributed by atoms with van der Waals surface area (Å²) < 4.78 is 13.3. The number of halogens is 1. The number of anilines is 1. The van der Waals surface area contributed by atoms with Crippen LogP contribution in [-0.2, 0) is 16.0 Å². The number of benzene rings is 2. The molecule has 1 saturated heterocycles. The van der Waals surface area contributed by atoms with Crippen LogP contribution in [0.1, 0.15) is 50.0 Å². The molecule has 1 saturated carbocycles. The lowest BCUT2D eigenvalue weighted by atomic mass is 9.82. The summed E-state index contributed by atoms with van der Waals surface area (Å²) in [6.07, 6.45) is 5.20. The van der Waals surface area contributed by atoms with Crippen molar-refractivity contribution in [2.24, 2.45) is 17.6 Å². The van der Waals surface area contributed by atoms with E-state index >= 15 is 0 Å². The van der Waals surface area contributed by atoms with Crippen molar-refractivity contribution >= 4 is 40.7 Å². The predicted octanol–water partition coefficient (Wildman–Crippen LogP) is 6.53. The number of amides is 1. The maximum Gasteiger partial charge on any atom is 0.411 e. The summed E-state index contributed by atoms with van der Waals surface area (Å²) in [5, 5.41) is 8.90. The molecule has 11 heteroatoms. The van der Waals surface area contributed by atoms with Crippen molar-refractivity contribution < 1.29 is 14.3 Å². The van der Waals surface area contributed by atoms with Crippen LogP contribution in [0.25, 0.3) is 22.4 Å². The number of carbonyl (C=O) groups is 1. The molecule has 0 bridgehead atoms. The van der Waals surface area contributed by atoms with Gasteiger partial charge in [0.2, 0.25) is 11.8 Å². The fraction of sp³-hybridized carbons (Fsp3) is 0.364. The first-order chi connectivity index (χ1) is 21.3. The fourth-order valence-electron chi connectivity index (χ4n) is 6.51. The van der Waals surface area contributed by atoms with Crippen molar-refractivity contribution in [1.29, 1.82) is 5.41 Å². The summed E-state index contributed by atoms with van der Waals surface area (Å²) in [7, 11) is 0. The highest BCUT2D eigenvalue weighted by atomic mass is 35.5. The van der Waals surface area contributed by atoms with E-state index in [0.717, 1.165) is 48.3 Å². The Morgan fingerprint density at radius 2 is 1.91 bits per heavy atom. The minimum absolute atomic E-state index is 0.0874. The molecule has 3 N–H and O–H groups in total. The second-order valence-electron chi connectivity index (χ2n) is 11.5. The van der Waals surface area contributed by atoms with Gasteiger partial charge in [-0.25, -0.2) is 14.8 Å². The number of carbonyl (C=O) groups excluding carboxylic acids is 1. The molecular formula is C33H36ClN7O3. The van der Waals surface area contributed by atoms with E-state index in [1.807, 2.05) is 36.4 Å². The third-order valence-corrected chi connectivity index (χ3v) is 8.88. The number of nitrogens with one attached hydrogen (secondary N) is 1. The number of allylic oxidation sites excluding steroid dienone is 1. The van der Waals surface area contributed by atoms with E-state index in [1.54, 1.807) is 6.07 Å². The SMILES string of the molecule is C=C[C@H]1CC[C@H](Cn2c(N3CCO[C@@H](C)[C@H]3c3ccccc3)nc3nc(C(=N)OC(N)=O)nc(-c4cccc(Cl)c4)c32)CC1. The Hall–Kier alpha value is -4.28. The van der Waals surface area contributed by atoms with Crippen LogP contribution in [0.3, 0.4) is 0 Å². The van der Waals surface area contributed by atoms with Crippen molar-refractivity contribution in [3.05, 3.63) is 83.7 Å². The van der Waals surface area contributed by atoms with Crippen LogP contribution in [0.5, 0.6) is 0 Å². The first-order valence-corrected chi connectivity index (χ1v) is 15.4. The van der Waals surface area contributed by atoms with Gasteiger partial charge in [-0.3, -0.25) is 5.41 Å².